The van der Waals surface area contributed by atoms with Gasteiger partial charge in [-0.25, -0.2) is 9.59 Å². The number of ketones is 2. The topological polar surface area (TPSA) is 193 Å². The molecule has 0 heterocycles. The standard InChI is InChI=1S/C33H36N2O4.C21H24O.C12H12N2O3/c1-4-6-8-11-25-16-20-27(21-17-25)30(36)22-29(26-18-14-24(3)15-19-26)33(23-34,32(38)39-5-2)35-31(37)28-12-9-7-10-13-28;1-3-4-5-6-18-11-14-20(15-12-18)21(22)16-13-19-9-7-17(2)8-10-19;1-2-17-12(16)10(8-13)14-11(15)9-6-4-3-5-7-9/h7,9-10,12-21,29H,4-6,8,11,22H2,1-3H3,(H,35,37);7-16H,3-6H2,1-2H3;3-7,10H,2H2,1H3,(H,14,15)/b;16-13+;. The summed E-state index contributed by atoms with van der Waals surface area (Å²) in [5.74, 6) is -3.91. The molecule has 404 valence electrons. The van der Waals surface area contributed by atoms with Crippen LogP contribution in [0.4, 0.5) is 0 Å². The molecule has 6 rings (SSSR count). The van der Waals surface area contributed by atoms with Crippen molar-refractivity contribution in [2.75, 3.05) is 13.2 Å². The number of carbonyl (C=O) groups is 6. The Morgan fingerprint density at radius 2 is 1.05 bits per heavy atom. The van der Waals surface area contributed by atoms with Gasteiger partial charge in [0.25, 0.3) is 11.8 Å². The van der Waals surface area contributed by atoms with E-state index in [1.807, 2.05) is 67.6 Å². The van der Waals surface area contributed by atoms with Gasteiger partial charge in [-0.3, -0.25) is 19.2 Å². The SMILES string of the molecule is CCCCCc1ccc(C(=O)/C=C/c2ccc(C)cc2)cc1.CCCCCc1ccc(C(=O)CC(c2ccc(C)cc2)C(C#N)(NC(=O)c2ccccc2)C(=O)OCC)cc1.CCOC(=O)C(C#N)NC(=O)c1ccccc1. The first-order valence-electron chi connectivity index (χ1n) is 26.7. The number of carbonyl (C=O) groups excluding carboxylic acids is 6. The van der Waals surface area contributed by atoms with Crippen LogP contribution >= 0.6 is 0 Å². The number of rotatable bonds is 24. The summed E-state index contributed by atoms with van der Waals surface area (Å²) in [5.41, 5.74) is 6.08. The molecule has 0 aliphatic rings. The van der Waals surface area contributed by atoms with Crippen LogP contribution in [0.15, 0.2) is 164 Å². The minimum atomic E-state index is -2.13. The van der Waals surface area contributed by atoms with E-state index in [1.54, 1.807) is 111 Å². The van der Waals surface area contributed by atoms with Crippen LogP contribution in [0.2, 0.25) is 0 Å². The molecular weight excluding hydrogens is 977 g/mol. The molecule has 3 unspecified atom stereocenters. The smallest absolute Gasteiger partial charge is 0.347 e. The van der Waals surface area contributed by atoms with Crippen LogP contribution in [0.1, 0.15) is 153 Å². The Kier molecular flexibility index (Phi) is 26.4. The number of amides is 2. The molecule has 0 spiro atoms. The van der Waals surface area contributed by atoms with Gasteiger partial charge in [0.05, 0.1) is 19.3 Å². The van der Waals surface area contributed by atoms with E-state index in [2.05, 4.69) is 60.4 Å². The minimum absolute atomic E-state index is 0.0114. The maximum absolute atomic E-state index is 13.6. The molecule has 0 fully saturated rings. The maximum atomic E-state index is 13.6. The summed E-state index contributed by atoms with van der Waals surface area (Å²) < 4.78 is 9.98. The van der Waals surface area contributed by atoms with Gasteiger partial charge in [0.1, 0.15) is 6.07 Å². The zero-order chi connectivity index (χ0) is 56.7. The summed E-state index contributed by atoms with van der Waals surface area (Å²) in [6.45, 7) is 11.8. The van der Waals surface area contributed by atoms with Crippen LogP contribution in [0.5, 0.6) is 0 Å². The molecule has 3 atom stereocenters. The molecule has 12 nitrogen and oxygen atoms in total. The summed E-state index contributed by atoms with van der Waals surface area (Å²) in [7, 11) is 0. The lowest BCUT2D eigenvalue weighted by Crippen LogP contribution is -2.58. The van der Waals surface area contributed by atoms with Gasteiger partial charge in [-0.2, -0.15) is 10.5 Å². The van der Waals surface area contributed by atoms with Crippen molar-refractivity contribution in [2.24, 2.45) is 0 Å². The Balaban J connectivity index is 0.000000282. The molecule has 0 saturated carbocycles. The lowest BCUT2D eigenvalue weighted by molar-refractivity contribution is -0.149. The molecule has 6 aromatic carbocycles. The highest BCUT2D eigenvalue weighted by Gasteiger charge is 2.51. The minimum Gasteiger partial charge on any atom is -0.464 e. The maximum Gasteiger partial charge on any atom is 0.347 e. The zero-order valence-electron chi connectivity index (χ0n) is 45.8. The first-order chi connectivity index (χ1) is 37.7. The molecule has 0 bridgehead atoms. The Bertz CT molecular complexity index is 2960. The molecule has 0 aromatic heterocycles. The van der Waals surface area contributed by atoms with Gasteiger partial charge in [-0.15, -0.1) is 0 Å². The van der Waals surface area contributed by atoms with Crippen molar-refractivity contribution >= 4 is 41.4 Å². The van der Waals surface area contributed by atoms with Crippen LogP contribution in [-0.4, -0.2) is 60.1 Å². The number of nitrogens with zero attached hydrogens (tertiary/aromatic N) is 2. The van der Waals surface area contributed by atoms with Crippen molar-refractivity contribution in [1.82, 2.24) is 10.6 Å². The van der Waals surface area contributed by atoms with Gasteiger partial charge < -0.3 is 20.1 Å². The van der Waals surface area contributed by atoms with Crippen molar-refractivity contribution in [3.8, 4) is 12.1 Å². The van der Waals surface area contributed by atoms with Crippen molar-refractivity contribution in [3.63, 3.8) is 0 Å². The van der Waals surface area contributed by atoms with Crippen molar-refractivity contribution < 1.29 is 38.2 Å². The third-order valence-electron chi connectivity index (χ3n) is 12.6. The highest BCUT2D eigenvalue weighted by molar-refractivity contribution is 6.07. The first kappa shape index (κ1) is 61.8. The Morgan fingerprint density at radius 1 is 0.564 bits per heavy atom. The third-order valence-corrected chi connectivity index (χ3v) is 12.6. The average Bonchev–Trinajstić information content (AvgIpc) is 3.58. The van der Waals surface area contributed by atoms with Crippen molar-refractivity contribution in [1.29, 1.82) is 10.5 Å². The lowest BCUT2D eigenvalue weighted by Gasteiger charge is -2.34. The van der Waals surface area contributed by atoms with Crippen LogP contribution in [0.3, 0.4) is 0 Å². The second-order valence-electron chi connectivity index (χ2n) is 18.6. The van der Waals surface area contributed by atoms with E-state index in [1.165, 1.54) is 30.4 Å². The Morgan fingerprint density at radius 3 is 1.53 bits per heavy atom. The molecule has 2 N–H and O–H groups in total. The van der Waals surface area contributed by atoms with Crippen LogP contribution in [0.25, 0.3) is 6.08 Å². The average molecular weight is 1050 g/mol. The summed E-state index contributed by atoms with van der Waals surface area (Å²) in [6.07, 6.45) is 12.5. The molecule has 78 heavy (non-hydrogen) atoms. The number of hydrogen-bond acceptors (Lipinski definition) is 10. The summed E-state index contributed by atoms with van der Waals surface area (Å²) in [4.78, 5) is 75.4. The van der Waals surface area contributed by atoms with Gasteiger partial charge in [-0.05, 0) is 106 Å². The molecular formula is C66H72N4O8. The largest absolute Gasteiger partial charge is 0.464 e. The monoisotopic (exact) mass is 1050 g/mol. The van der Waals surface area contributed by atoms with Crippen LogP contribution in [-0.2, 0) is 31.9 Å². The number of nitrogens with one attached hydrogen (secondary N) is 2. The van der Waals surface area contributed by atoms with E-state index < -0.39 is 41.3 Å². The molecule has 0 saturated heterocycles. The summed E-state index contributed by atoms with van der Waals surface area (Å²) >= 11 is 0. The fourth-order valence-corrected chi connectivity index (χ4v) is 8.11. The molecule has 0 aliphatic carbocycles. The normalized spacial score (nSPS) is 12.0. The molecule has 0 radical (unpaired) electrons. The third kappa shape index (κ3) is 19.8. The van der Waals surface area contributed by atoms with Gasteiger partial charge in [-0.1, -0.05) is 190 Å². The van der Waals surface area contributed by atoms with E-state index in [-0.39, 0.29) is 36.8 Å². The summed E-state index contributed by atoms with van der Waals surface area (Å²) in [6, 6.07) is 50.0. The van der Waals surface area contributed by atoms with Crippen LogP contribution in [0, 0.1) is 36.5 Å². The van der Waals surface area contributed by atoms with Gasteiger partial charge in [0, 0.05) is 34.6 Å². The number of Topliss-reactive ketones (excluding diaryl/α,β-unsaturated/α-hetero) is 1. The number of allylic oxidation sites excluding steroid dienone is 1. The van der Waals surface area contributed by atoms with Crippen LogP contribution < -0.4 is 10.6 Å². The number of aryl methyl sites for hydroxylation is 4. The molecule has 2 amide bonds. The predicted molar refractivity (Wildman–Crippen MR) is 306 cm³/mol. The van der Waals surface area contributed by atoms with Gasteiger partial charge in [0.2, 0.25) is 11.6 Å². The van der Waals surface area contributed by atoms with E-state index in [0.29, 0.717) is 16.7 Å². The zero-order valence-corrected chi connectivity index (χ0v) is 45.8. The quantitative estimate of drug-likeness (QED) is 0.0255. The number of unbranched alkanes of at least 4 members (excludes halogenated alkanes) is 4. The van der Waals surface area contributed by atoms with Crippen molar-refractivity contribution in [3.05, 3.63) is 219 Å². The molecule has 0 aliphatic heterocycles. The highest BCUT2D eigenvalue weighted by atomic mass is 16.5. The highest BCUT2D eigenvalue weighted by Crippen LogP contribution is 2.35. The Hall–Kier alpha value is -8.74. The predicted octanol–water partition coefficient (Wildman–Crippen LogP) is 12.8. The van der Waals surface area contributed by atoms with E-state index >= 15 is 0 Å². The number of ether oxygens (including phenoxy) is 2. The van der Waals surface area contributed by atoms with Gasteiger partial charge in [0.15, 0.2) is 11.6 Å². The second-order valence-corrected chi connectivity index (χ2v) is 18.6. The van der Waals surface area contributed by atoms with E-state index in [0.717, 1.165) is 54.4 Å². The first-order valence-corrected chi connectivity index (χ1v) is 26.7. The van der Waals surface area contributed by atoms with Gasteiger partial charge >= 0.3 is 11.9 Å². The number of hydrogen-bond donors (Lipinski definition) is 2. The number of benzene rings is 6. The lowest BCUT2D eigenvalue weighted by atomic mass is 9.75. The fraction of sp³-hybridized carbons (Fsp3) is 0.303. The summed E-state index contributed by atoms with van der Waals surface area (Å²) in [5, 5.41) is 24.2. The molecule has 12 heteroatoms. The number of nitriles is 2. The second kappa shape index (κ2) is 33.3. The Labute approximate surface area is 460 Å². The van der Waals surface area contributed by atoms with E-state index in [9.17, 15) is 34.0 Å². The number of esters is 2. The fourth-order valence-electron chi connectivity index (χ4n) is 8.11. The van der Waals surface area contributed by atoms with E-state index in [4.69, 9.17) is 10.00 Å². The molecule has 6 aromatic rings. The van der Waals surface area contributed by atoms with Crippen molar-refractivity contribution in [2.45, 2.75) is 117 Å².